The number of urea groups is 1. The molecule has 0 aliphatic carbocycles. The fourth-order valence-corrected chi connectivity index (χ4v) is 2.50. The highest BCUT2D eigenvalue weighted by molar-refractivity contribution is 5.83. The second kappa shape index (κ2) is 7.73. The first-order valence-corrected chi connectivity index (χ1v) is 7.16. The van der Waals surface area contributed by atoms with Crippen molar-refractivity contribution in [1.29, 1.82) is 5.26 Å². The number of carboxylic acid groups (broad SMARTS) is 1. The Morgan fingerprint density at radius 1 is 1.40 bits per heavy atom. The molecule has 1 N–H and O–H groups in total. The van der Waals surface area contributed by atoms with Crippen molar-refractivity contribution in [3.05, 3.63) is 0 Å². The SMILES string of the molecule is CC(C)N(CCC#N)C(=O)N1CCCCCC1C(=O)O. The summed E-state index contributed by atoms with van der Waals surface area (Å²) in [6.07, 6.45) is 3.38. The summed E-state index contributed by atoms with van der Waals surface area (Å²) in [6, 6.07) is 0.979. The molecule has 6 heteroatoms. The number of hydrogen-bond donors (Lipinski definition) is 1. The average Bonchev–Trinajstić information content (AvgIpc) is 2.63. The van der Waals surface area contributed by atoms with Crippen molar-refractivity contribution >= 4 is 12.0 Å². The van der Waals surface area contributed by atoms with Crippen LogP contribution < -0.4 is 0 Å². The number of carbonyl (C=O) groups is 2. The maximum Gasteiger partial charge on any atom is 0.326 e. The summed E-state index contributed by atoms with van der Waals surface area (Å²) in [7, 11) is 0. The number of rotatable bonds is 4. The lowest BCUT2D eigenvalue weighted by atomic mass is 10.1. The number of aliphatic carboxylic acids is 1. The summed E-state index contributed by atoms with van der Waals surface area (Å²) in [5.74, 6) is -0.941. The molecule has 1 aliphatic rings. The maximum atomic E-state index is 12.6. The summed E-state index contributed by atoms with van der Waals surface area (Å²) in [5, 5.41) is 18.0. The fourth-order valence-electron chi connectivity index (χ4n) is 2.50. The number of likely N-dealkylation sites (tertiary alicyclic amines) is 1. The van der Waals surface area contributed by atoms with Crippen molar-refractivity contribution in [3.8, 4) is 6.07 Å². The second-order valence-corrected chi connectivity index (χ2v) is 5.37. The highest BCUT2D eigenvalue weighted by atomic mass is 16.4. The van der Waals surface area contributed by atoms with Crippen LogP contribution in [0.15, 0.2) is 0 Å². The Morgan fingerprint density at radius 3 is 2.65 bits per heavy atom. The third-order valence-corrected chi connectivity index (χ3v) is 3.62. The predicted molar refractivity (Wildman–Crippen MR) is 74.1 cm³/mol. The van der Waals surface area contributed by atoms with Gasteiger partial charge in [0.15, 0.2) is 0 Å². The number of nitriles is 1. The molecule has 1 aliphatic heterocycles. The molecule has 1 rings (SSSR count). The van der Waals surface area contributed by atoms with Gasteiger partial charge in [0.1, 0.15) is 6.04 Å². The largest absolute Gasteiger partial charge is 0.480 e. The van der Waals surface area contributed by atoms with Crippen LogP contribution in [0.25, 0.3) is 0 Å². The van der Waals surface area contributed by atoms with Crippen molar-refractivity contribution in [3.63, 3.8) is 0 Å². The van der Waals surface area contributed by atoms with Crippen LogP contribution in [-0.2, 0) is 4.79 Å². The molecular formula is C14H23N3O3. The third-order valence-electron chi connectivity index (χ3n) is 3.62. The van der Waals surface area contributed by atoms with Gasteiger partial charge >= 0.3 is 12.0 Å². The van der Waals surface area contributed by atoms with E-state index in [0.717, 1.165) is 19.3 Å². The van der Waals surface area contributed by atoms with Gasteiger partial charge in [0.2, 0.25) is 0 Å². The van der Waals surface area contributed by atoms with E-state index in [1.54, 1.807) is 4.90 Å². The van der Waals surface area contributed by atoms with Crippen LogP contribution in [0, 0.1) is 11.3 Å². The Hall–Kier alpha value is -1.77. The van der Waals surface area contributed by atoms with Gasteiger partial charge in [-0.2, -0.15) is 5.26 Å². The molecule has 0 aromatic heterocycles. The van der Waals surface area contributed by atoms with Crippen LogP contribution >= 0.6 is 0 Å². The molecule has 1 unspecified atom stereocenters. The molecular weight excluding hydrogens is 258 g/mol. The van der Waals surface area contributed by atoms with E-state index >= 15 is 0 Å². The summed E-state index contributed by atoms with van der Waals surface area (Å²) in [5.41, 5.74) is 0. The zero-order chi connectivity index (χ0) is 15.1. The minimum atomic E-state index is -0.941. The number of carboxylic acids is 1. The monoisotopic (exact) mass is 281 g/mol. The standard InChI is InChI=1S/C14H23N3O3/c1-11(2)16(10-6-8-15)14(20)17-9-5-3-4-7-12(17)13(18)19/h11-12H,3-7,9-10H2,1-2H3,(H,18,19). The van der Waals surface area contributed by atoms with Crippen LogP contribution in [0.2, 0.25) is 0 Å². The van der Waals surface area contributed by atoms with E-state index in [-0.39, 0.29) is 18.5 Å². The fraction of sp³-hybridized carbons (Fsp3) is 0.786. The smallest absolute Gasteiger partial charge is 0.326 e. The molecule has 0 aromatic carbocycles. The van der Waals surface area contributed by atoms with Gasteiger partial charge in [-0.25, -0.2) is 9.59 Å². The maximum absolute atomic E-state index is 12.6. The summed E-state index contributed by atoms with van der Waals surface area (Å²) in [6.45, 7) is 4.58. The molecule has 1 fully saturated rings. The molecule has 0 radical (unpaired) electrons. The van der Waals surface area contributed by atoms with Gasteiger partial charge < -0.3 is 14.9 Å². The molecule has 0 spiro atoms. The Kier molecular flexibility index (Phi) is 6.29. The highest BCUT2D eigenvalue weighted by Crippen LogP contribution is 2.19. The van der Waals surface area contributed by atoms with Gasteiger partial charge in [0, 0.05) is 19.1 Å². The normalized spacial score (nSPS) is 19.3. The Bertz CT molecular complexity index is 390. The topological polar surface area (TPSA) is 84.6 Å². The van der Waals surface area contributed by atoms with Gasteiger partial charge in [-0.3, -0.25) is 0 Å². The molecule has 1 saturated heterocycles. The van der Waals surface area contributed by atoms with Crippen molar-refractivity contribution in [1.82, 2.24) is 9.80 Å². The van der Waals surface area contributed by atoms with E-state index in [2.05, 4.69) is 0 Å². The molecule has 1 atom stereocenters. The molecule has 1 heterocycles. The lowest BCUT2D eigenvalue weighted by molar-refractivity contribution is -0.142. The molecule has 6 nitrogen and oxygen atoms in total. The number of amides is 2. The van der Waals surface area contributed by atoms with Gasteiger partial charge in [-0.05, 0) is 26.7 Å². The minimum Gasteiger partial charge on any atom is -0.480 e. The molecule has 0 saturated carbocycles. The quantitative estimate of drug-likeness (QED) is 0.854. The van der Waals surface area contributed by atoms with E-state index < -0.39 is 12.0 Å². The van der Waals surface area contributed by atoms with Crippen LogP contribution in [0.3, 0.4) is 0 Å². The van der Waals surface area contributed by atoms with Crippen molar-refractivity contribution in [2.45, 2.75) is 58.0 Å². The van der Waals surface area contributed by atoms with Crippen molar-refractivity contribution < 1.29 is 14.7 Å². The van der Waals surface area contributed by atoms with Crippen LogP contribution in [-0.4, -0.2) is 52.1 Å². The second-order valence-electron chi connectivity index (χ2n) is 5.37. The van der Waals surface area contributed by atoms with E-state index in [0.29, 0.717) is 19.5 Å². The van der Waals surface area contributed by atoms with E-state index in [4.69, 9.17) is 5.26 Å². The Labute approximate surface area is 120 Å². The molecule has 20 heavy (non-hydrogen) atoms. The zero-order valence-electron chi connectivity index (χ0n) is 12.2. The molecule has 112 valence electrons. The highest BCUT2D eigenvalue weighted by Gasteiger charge is 2.33. The molecule has 2 amide bonds. The van der Waals surface area contributed by atoms with E-state index in [1.165, 1.54) is 4.90 Å². The number of carbonyl (C=O) groups excluding carboxylic acids is 1. The zero-order valence-corrected chi connectivity index (χ0v) is 12.2. The Morgan fingerprint density at radius 2 is 2.10 bits per heavy atom. The summed E-state index contributed by atoms with van der Waals surface area (Å²) < 4.78 is 0. The first kappa shape index (κ1) is 16.3. The molecule has 0 aromatic rings. The predicted octanol–water partition coefficient (Wildman–Crippen LogP) is 2.06. The minimum absolute atomic E-state index is 0.0476. The third kappa shape index (κ3) is 4.12. The van der Waals surface area contributed by atoms with Crippen molar-refractivity contribution in [2.24, 2.45) is 0 Å². The summed E-state index contributed by atoms with van der Waals surface area (Å²) >= 11 is 0. The van der Waals surface area contributed by atoms with Crippen LogP contribution in [0.4, 0.5) is 4.79 Å². The van der Waals surface area contributed by atoms with Gasteiger partial charge in [0.25, 0.3) is 0 Å². The van der Waals surface area contributed by atoms with E-state index in [1.807, 2.05) is 19.9 Å². The lowest BCUT2D eigenvalue weighted by Gasteiger charge is -2.35. The van der Waals surface area contributed by atoms with Crippen LogP contribution in [0.1, 0.15) is 46.0 Å². The van der Waals surface area contributed by atoms with Crippen molar-refractivity contribution in [2.75, 3.05) is 13.1 Å². The van der Waals surface area contributed by atoms with Crippen LogP contribution in [0.5, 0.6) is 0 Å². The molecule has 0 bridgehead atoms. The van der Waals surface area contributed by atoms with Gasteiger partial charge in [-0.15, -0.1) is 0 Å². The number of nitrogens with zero attached hydrogens (tertiary/aromatic N) is 3. The Balaban J connectivity index is 2.88. The average molecular weight is 281 g/mol. The first-order chi connectivity index (χ1) is 9.49. The first-order valence-electron chi connectivity index (χ1n) is 7.16. The lowest BCUT2D eigenvalue weighted by Crippen LogP contribution is -2.52. The summed E-state index contributed by atoms with van der Waals surface area (Å²) in [4.78, 5) is 27.0. The van der Waals surface area contributed by atoms with E-state index in [9.17, 15) is 14.7 Å². The van der Waals surface area contributed by atoms with Gasteiger partial charge in [-0.1, -0.05) is 12.8 Å². The number of hydrogen-bond acceptors (Lipinski definition) is 3. The van der Waals surface area contributed by atoms with Gasteiger partial charge in [0.05, 0.1) is 12.5 Å².